The normalized spacial score (nSPS) is 18.0. The quantitative estimate of drug-likeness (QED) is 0.414. The maximum absolute atomic E-state index is 6.12. The van der Waals surface area contributed by atoms with Crippen molar-refractivity contribution < 1.29 is 9.47 Å². The van der Waals surface area contributed by atoms with Crippen molar-refractivity contribution in [3.8, 4) is 22.6 Å². The lowest BCUT2D eigenvalue weighted by atomic mass is 9.99. The molecule has 2 fully saturated rings. The second kappa shape index (κ2) is 10.9. The monoisotopic (exact) mass is 453 g/mol. The van der Waals surface area contributed by atoms with Crippen LogP contribution in [0, 0.1) is 0 Å². The molecule has 0 aromatic heterocycles. The van der Waals surface area contributed by atoms with Gasteiger partial charge >= 0.3 is 0 Å². The minimum absolute atomic E-state index is 0.340. The molecule has 2 aromatic carbocycles. The lowest BCUT2D eigenvalue weighted by Crippen LogP contribution is -2.28. The Bertz CT molecular complexity index is 867. The van der Waals surface area contributed by atoms with E-state index in [4.69, 9.17) is 9.47 Å². The molecular weight excluding hydrogens is 413 g/mol. The standard InChI is InChI=1S/C28H40NO2P/c1-29(2)24-18-12-11-17-23(24)27-25(30-3)19-20-26(31-4)28(27)32(21-13-7-5-8-14-21)22-15-9-6-10-16-22/h11-12,17-22H,5-10,13-16H2,1-4H3. The number of methoxy groups -OCH3 is 2. The van der Waals surface area contributed by atoms with Crippen LogP contribution in [0.3, 0.4) is 0 Å². The fourth-order valence-corrected chi connectivity index (χ4v) is 9.94. The first-order valence-electron chi connectivity index (χ1n) is 12.5. The van der Waals surface area contributed by atoms with Gasteiger partial charge in [-0.1, -0.05) is 64.6 Å². The van der Waals surface area contributed by atoms with Crippen LogP contribution in [0.25, 0.3) is 11.1 Å². The number of nitrogens with zero attached hydrogens (tertiary/aromatic N) is 1. The fraction of sp³-hybridized carbons (Fsp3) is 0.571. The van der Waals surface area contributed by atoms with Crippen molar-refractivity contribution in [2.75, 3.05) is 33.2 Å². The number of hydrogen-bond acceptors (Lipinski definition) is 3. The Morgan fingerprint density at radius 2 is 1.25 bits per heavy atom. The summed E-state index contributed by atoms with van der Waals surface area (Å²) in [5.41, 5.74) is 5.38. The van der Waals surface area contributed by atoms with Crippen molar-refractivity contribution in [2.24, 2.45) is 0 Å². The molecule has 0 spiro atoms. The van der Waals surface area contributed by atoms with Gasteiger partial charge in [-0.25, -0.2) is 0 Å². The van der Waals surface area contributed by atoms with Gasteiger partial charge in [0.15, 0.2) is 0 Å². The number of benzene rings is 2. The zero-order valence-electron chi connectivity index (χ0n) is 20.4. The van der Waals surface area contributed by atoms with Gasteiger partial charge in [0.25, 0.3) is 0 Å². The summed E-state index contributed by atoms with van der Waals surface area (Å²) >= 11 is 0. The summed E-state index contributed by atoms with van der Waals surface area (Å²) in [4.78, 5) is 2.22. The molecule has 0 atom stereocenters. The molecular formula is C28H40NO2P. The third-order valence-corrected chi connectivity index (χ3v) is 11.0. The molecule has 0 unspecified atom stereocenters. The Morgan fingerprint density at radius 1 is 0.719 bits per heavy atom. The van der Waals surface area contributed by atoms with E-state index in [1.807, 2.05) is 14.2 Å². The van der Waals surface area contributed by atoms with Crippen LogP contribution in [-0.2, 0) is 0 Å². The molecule has 174 valence electrons. The van der Waals surface area contributed by atoms with Gasteiger partial charge < -0.3 is 14.4 Å². The topological polar surface area (TPSA) is 21.7 Å². The first kappa shape index (κ1) is 23.4. The maximum atomic E-state index is 6.12. The van der Waals surface area contributed by atoms with E-state index in [0.717, 1.165) is 22.8 Å². The number of anilines is 1. The molecule has 2 aromatic rings. The van der Waals surface area contributed by atoms with Crippen LogP contribution < -0.4 is 19.7 Å². The summed E-state index contributed by atoms with van der Waals surface area (Å²) in [6, 6.07) is 13.1. The van der Waals surface area contributed by atoms with Gasteiger partial charge in [0.2, 0.25) is 0 Å². The van der Waals surface area contributed by atoms with Crippen molar-refractivity contribution in [3.63, 3.8) is 0 Å². The van der Waals surface area contributed by atoms with Gasteiger partial charge in [-0.05, 0) is 55.2 Å². The van der Waals surface area contributed by atoms with E-state index in [-0.39, 0.29) is 7.92 Å². The van der Waals surface area contributed by atoms with E-state index in [2.05, 4.69) is 55.4 Å². The highest BCUT2D eigenvalue weighted by molar-refractivity contribution is 7.67. The molecule has 0 heterocycles. The van der Waals surface area contributed by atoms with Crippen molar-refractivity contribution in [2.45, 2.75) is 75.5 Å². The van der Waals surface area contributed by atoms with Crippen LogP contribution >= 0.6 is 7.92 Å². The summed E-state index contributed by atoms with van der Waals surface area (Å²) in [5.74, 6) is 2.05. The van der Waals surface area contributed by atoms with Gasteiger partial charge in [-0.3, -0.25) is 0 Å². The van der Waals surface area contributed by atoms with Crippen molar-refractivity contribution >= 4 is 18.9 Å². The van der Waals surface area contributed by atoms with E-state index < -0.39 is 0 Å². The van der Waals surface area contributed by atoms with E-state index in [0.29, 0.717) is 0 Å². The zero-order valence-corrected chi connectivity index (χ0v) is 21.3. The number of para-hydroxylation sites is 1. The number of hydrogen-bond donors (Lipinski definition) is 0. The Labute approximate surface area is 196 Å². The molecule has 0 N–H and O–H groups in total. The third-order valence-electron chi connectivity index (χ3n) is 7.39. The van der Waals surface area contributed by atoms with Crippen LogP contribution in [0.5, 0.6) is 11.5 Å². The van der Waals surface area contributed by atoms with Crippen LogP contribution in [0.4, 0.5) is 5.69 Å². The van der Waals surface area contributed by atoms with Crippen molar-refractivity contribution in [3.05, 3.63) is 36.4 Å². The summed E-state index contributed by atoms with van der Waals surface area (Å²) < 4.78 is 12.2. The minimum atomic E-state index is -0.340. The molecule has 3 nitrogen and oxygen atoms in total. The lowest BCUT2D eigenvalue weighted by Gasteiger charge is -2.40. The van der Waals surface area contributed by atoms with Gasteiger partial charge in [-0.15, -0.1) is 0 Å². The first-order valence-corrected chi connectivity index (χ1v) is 13.9. The highest BCUT2D eigenvalue weighted by Gasteiger charge is 2.37. The summed E-state index contributed by atoms with van der Waals surface area (Å²) in [6.45, 7) is 0. The van der Waals surface area contributed by atoms with Gasteiger partial charge in [0, 0.05) is 36.2 Å². The van der Waals surface area contributed by atoms with Gasteiger partial charge in [-0.2, -0.15) is 0 Å². The molecule has 32 heavy (non-hydrogen) atoms. The molecule has 2 aliphatic rings. The first-order chi connectivity index (χ1) is 15.7. The molecule has 2 aliphatic carbocycles. The van der Waals surface area contributed by atoms with Crippen LogP contribution in [0.15, 0.2) is 36.4 Å². The SMILES string of the molecule is COc1ccc(OC)c(P(C2CCCCC2)C2CCCCC2)c1-c1ccccc1N(C)C. The molecule has 4 rings (SSSR count). The number of rotatable bonds is 7. The lowest BCUT2D eigenvalue weighted by molar-refractivity contribution is 0.407. The Balaban J connectivity index is 1.96. The molecule has 0 saturated heterocycles. The smallest absolute Gasteiger partial charge is 0.127 e. The van der Waals surface area contributed by atoms with Crippen LogP contribution in [-0.4, -0.2) is 39.6 Å². The zero-order chi connectivity index (χ0) is 22.5. The average Bonchev–Trinajstić information content (AvgIpc) is 2.85. The molecule has 0 bridgehead atoms. The summed E-state index contributed by atoms with van der Waals surface area (Å²) in [7, 11) is 7.60. The van der Waals surface area contributed by atoms with E-state index in [1.165, 1.54) is 86.3 Å². The summed E-state index contributed by atoms with van der Waals surface area (Å²) in [5, 5.41) is 1.47. The van der Waals surface area contributed by atoms with E-state index in [9.17, 15) is 0 Å². The van der Waals surface area contributed by atoms with Crippen LogP contribution in [0.1, 0.15) is 64.2 Å². The largest absolute Gasteiger partial charge is 0.496 e. The second-order valence-corrected chi connectivity index (χ2v) is 12.3. The molecule has 0 radical (unpaired) electrons. The molecule has 0 amide bonds. The average molecular weight is 454 g/mol. The molecule has 4 heteroatoms. The summed E-state index contributed by atoms with van der Waals surface area (Å²) in [6.07, 6.45) is 13.8. The van der Waals surface area contributed by atoms with Gasteiger partial charge in [0.1, 0.15) is 11.5 Å². The second-order valence-electron chi connectivity index (χ2n) is 9.60. The Kier molecular flexibility index (Phi) is 8.00. The molecule has 0 aliphatic heterocycles. The number of ether oxygens (including phenoxy) is 2. The Morgan fingerprint density at radius 3 is 1.78 bits per heavy atom. The van der Waals surface area contributed by atoms with Crippen molar-refractivity contribution in [1.29, 1.82) is 0 Å². The maximum Gasteiger partial charge on any atom is 0.127 e. The highest BCUT2D eigenvalue weighted by atomic mass is 31.1. The Hall–Kier alpha value is -1.73. The van der Waals surface area contributed by atoms with E-state index >= 15 is 0 Å². The fourth-order valence-electron chi connectivity index (χ4n) is 5.86. The van der Waals surface area contributed by atoms with Crippen molar-refractivity contribution in [1.82, 2.24) is 0 Å². The predicted octanol–water partition coefficient (Wildman–Crippen LogP) is 7.21. The van der Waals surface area contributed by atoms with Gasteiger partial charge in [0.05, 0.1) is 14.2 Å². The third kappa shape index (κ3) is 4.79. The minimum Gasteiger partial charge on any atom is -0.496 e. The molecule has 2 saturated carbocycles. The highest BCUT2D eigenvalue weighted by Crippen LogP contribution is 2.59. The van der Waals surface area contributed by atoms with Crippen LogP contribution in [0.2, 0.25) is 0 Å². The predicted molar refractivity (Wildman–Crippen MR) is 140 cm³/mol. The van der Waals surface area contributed by atoms with E-state index in [1.54, 1.807) is 0 Å².